The molecule has 2 aromatic heterocycles. The van der Waals surface area contributed by atoms with Crippen LogP contribution in [0.4, 0.5) is 0 Å². The quantitative estimate of drug-likeness (QED) is 0.781. The van der Waals surface area contributed by atoms with Crippen LogP contribution in [0.1, 0.15) is 12.8 Å². The molecular formula is C21H28N4O3. The third kappa shape index (κ3) is 5.04. The lowest BCUT2D eigenvalue weighted by Crippen LogP contribution is -2.40. The molecule has 0 aromatic carbocycles. The summed E-state index contributed by atoms with van der Waals surface area (Å²) in [5.41, 5.74) is 1.63. The Morgan fingerprint density at radius 3 is 2.39 bits per heavy atom. The number of pyridine rings is 1. The molecule has 150 valence electrons. The van der Waals surface area contributed by atoms with Crippen molar-refractivity contribution < 1.29 is 9.47 Å². The summed E-state index contributed by atoms with van der Waals surface area (Å²) >= 11 is 0. The van der Waals surface area contributed by atoms with Gasteiger partial charge < -0.3 is 14.4 Å². The molecule has 4 heterocycles. The molecule has 0 spiro atoms. The maximum Gasteiger partial charge on any atom is 0.253 e. The Bertz CT molecular complexity index is 795. The lowest BCUT2D eigenvalue weighted by atomic mass is 9.96. The van der Waals surface area contributed by atoms with Gasteiger partial charge in [0.15, 0.2) is 0 Å². The van der Waals surface area contributed by atoms with Crippen LogP contribution in [-0.2, 0) is 16.0 Å². The summed E-state index contributed by atoms with van der Waals surface area (Å²) in [5.74, 6) is 0.982. The largest absolute Gasteiger partial charge is 0.379 e. The van der Waals surface area contributed by atoms with Gasteiger partial charge in [0.05, 0.1) is 38.4 Å². The minimum Gasteiger partial charge on any atom is -0.379 e. The normalized spacial score (nSPS) is 20.1. The molecule has 2 saturated heterocycles. The Hall–Kier alpha value is -2.09. The van der Waals surface area contributed by atoms with Crippen LogP contribution < -0.4 is 5.56 Å². The van der Waals surface area contributed by atoms with Gasteiger partial charge in [0.1, 0.15) is 0 Å². The molecule has 0 saturated carbocycles. The van der Waals surface area contributed by atoms with E-state index in [-0.39, 0.29) is 5.56 Å². The van der Waals surface area contributed by atoms with E-state index in [1.54, 1.807) is 29.4 Å². The second kappa shape index (κ2) is 9.41. The van der Waals surface area contributed by atoms with Crippen LogP contribution >= 0.6 is 0 Å². The van der Waals surface area contributed by atoms with Crippen molar-refractivity contribution in [2.45, 2.75) is 19.4 Å². The second-order valence-corrected chi connectivity index (χ2v) is 7.76. The fraction of sp³-hybridized carbons (Fsp3) is 0.571. The zero-order valence-corrected chi connectivity index (χ0v) is 16.2. The van der Waals surface area contributed by atoms with Crippen LogP contribution in [0.2, 0.25) is 0 Å². The molecule has 0 atom stereocenters. The topological polar surface area (TPSA) is 69.5 Å². The average molecular weight is 384 g/mol. The van der Waals surface area contributed by atoms with E-state index >= 15 is 0 Å². The summed E-state index contributed by atoms with van der Waals surface area (Å²) in [6, 6.07) is 5.36. The van der Waals surface area contributed by atoms with Gasteiger partial charge in [0.25, 0.3) is 5.56 Å². The molecule has 28 heavy (non-hydrogen) atoms. The van der Waals surface area contributed by atoms with Crippen molar-refractivity contribution in [2.24, 2.45) is 11.8 Å². The Kier molecular flexibility index (Phi) is 6.46. The molecule has 0 aliphatic carbocycles. The molecule has 0 radical (unpaired) electrons. The second-order valence-electron chi connectivity index (χ2n) is 7.76. The van der Waals surface area contributed by atoms with Crippen LogP contribution in [-0.4, -0.2) is 65.5 Å². The summed E-state index contributed by atoms with van der Waals surface area (Å²) in [5, 5.41) is 0. The van der Waals surface area contributed by atoms with Crippen LogP contribution in [0.3, 0.4) is 0 Å². The summed E-state index contributed by atoms with van der Waals surface area (Å²) in [4.78, 5) is 23.5. The third-order valence-corrected chi connectivity index (χ3v) is 5.61. The van der Waals surface area contributed by atoms with Crippen molar-refractivity contribution in [1.82, 2.24) is 19.4 Å². The number of piperidine rings is 1. The van der Waals surface area contributed by atoms with Crippen LogP contribution in [0.5, 0.6) is 0 Å². The molecule has 4 rings (SSSR count). The number of ether oxygens (including phenoxy) is 2. The lowest BCUT2D eigenvalue weighted by molar-refractivity contribution is 0.0855. The Morgan fingerprint density at radius 1 is 1.00 bits per heavy atom. The van der Waals surface area contributed by atoms with E-state index in [0.29, 0.717) is 30.7 Å². The Morgan fingerprint density at radius 2 is 1.71 bits per heavy atom. The van der Waals surface area contributed by atoms with Crippen LogP contribution in [0.25, 0.3) is 11.3 Å². The van der Waals surface area contributed by atoms with Gasteiger partial charge in [0.2, 0.25) is 0 Å². The minimum absolute atomic E-state index is 0.0111. The van der Waals surface area contributed by atoms with Gasteiger partial charge in [-0.2, -0.15) is 0 Å². The van der Waals surface area contributed by atoms with Crippen LogP contribution in [0, 0.1) is 11.8 Å². The van der Waals surface area contributed by atoms with Gasteiger partial charge >= 0.3 is 0 Å². The van der Waals surface area contributed by atoms with E-state index in [1.807, 2.05) is 12.1 Å². The highest BCUT2D eigenvalue weighted by molar-refractivity contribution is 5.57. The van der Waals surface area contributed by atoms with Crippen LogP contribution in [0.15, 0.2) is 41.7 Å². The molecule has 2 aromatic rings. The van der Waals surface area contributed by atoms with E-state index in [4.69, 9.17) is 9.47 Å². The molecule has 2 aliphatic heterocycles. The predicted octanol–water partition coefficient (Wildman–Crippen LogP) is 1.68. The number of hydrogen-bond acceptors (Lipinski definition) is 6. The minimum atomic E-state index is 0.0111. The van der Waals surface area contributed by atoms with Crippen molar-refractivity contribution in [1.29, 1.82) is 0 Å². The highest BCUT2D eigenvalue weighted by Gasteiger charge is 2.23. The van der Waals surface area contributed by atoms with Gasteiger partial charge in [-0.25, -0.2) is 4.98 Å². The molecule has 2 aliphatic rings. The maximum atomic E-state index is 12.5. The van der Waals surface area contributed by atoms with Crippen molar-refractivity contribution >= 4 is 0 Å². The number of hydrogen-bond donors (Lipinski definition) is 0. The van der Waals surface area contributed by atoms with Crippen molar-refractivity contribution in [3.05, 3.63) is 47.3 Å². The Balaban J connectivity index is 1.29. The van der Waals surface area contributed by atoms with E-state index in [0.717, 1.165) is 57.8 Å². The lowest BCUT2D eigenvalue weighted by Gasteiger charge is -2.34. The number of likely N-dealkylation sites (tertiary alicyclic amines) is 1. The SMILES string of the molecule is O=c1cc(-c2ccncc2)ncn1CC1CCN(CC2COCCOC2)CC1. The molecule has 0 N–H and O–H groups in total. The van der Waals surface area contributed by atoms with Crippen molar-refractivity contribution in [3.8, 4) is 11.3 Å². The first-order valence-corrected chi connectivity index (χ1v) is 10.1. The Labute approximate surface area is 165 Å². The molecule has 7 heteroatoms. The summed E-state index contributed by atoms with van der Waals surface area (Å²) in [6.45, 7) is 6.93. The first kappa shape index (κ1) is 19.2. The molecule has 0 amide bonds. The average Bonchev–Trinajstić information content (AvgIpc) is 3.00. The van der Waals surface area contributed by atoms with Gasteiger partial charge in [0, 0.05) is 43.0 Å². The van der Waals surface area contributed by atoms with E-state index < -0.39 is 0 Å². The highest BCUT2D eigenvalue weighted by Crippen LogP contribution is 2.20. The summed E-state index contributed by atoms with van der Waals surface area (Å²) in [6.07, 6.45) is 7.32. The van der Waals surface area contributed by atoms with Gasteiger partial charge in [-0.1, -0.05) is 0 Å². The molecular weight excluding hydrogens is 356 g/mol. The third-order valence-electron chi connectivity index (χ3n) is 5.61. The first-order chi connectivity index (χ1) is 13.8. The van der Waals surface area contributed by atoms with Gasteiger partial charge in [-0.05, 0) is 44.0 Å². The highest BCUT2D eigenvalue weighted by atomic mass is 16.5. The van der Waals surface area contributed by atoms with E-state index in [9.17, 15) is 4.79 Å². The fourth-order valence-corrected chi connectivity index (χ4v) is 4.01. The molecule has 2 fully saturated rings. The smallest absolute Gasteiger partial charge is 0.253 e. The zero-order chi connectivity index (χ0) is 19.2. The number of nitrogens with zero attached hydrogens (tertiary/aromatic N) is 4. The van der Waals surface area contributed by atoms with E-state index in [1.165, 1.54) is 0 Å². The van der Waals surface area contributed by atoms with Crippen molar-refractivity contribution in [3.63, 3.8) is 0 Å². The first-order valence-electron chi connectivity index (χ1n) is 10.1. The van der Waals surface area contributed by atoms with Gasteiger partial charge in [-0.3, -0.25) is 14.3 Å². The van der Waals surface area contributed by atoms with Gasteiger partial charge in [-0.15, -0.1) is 0 Å². The molecule has 0 unspecified atom stereocenters. The summed E-state index contributed by atoms with van der Waals surface area (Å²) < 4.78 is 13.0. The molecule has 0 bridgehead atoms. The van der Waals surface area contributed by atoms with Crippen molar-refractivity contribution in [2.75, 3.05) is 46.1 Å². The maximum absolute atomic E-state index is 12.5. The summed E-state index contributed by atoms with van der Waals surface area (Å²) in [7, 11) is 0. The fourth-order valence-electron chi connectivity index (χ4n) is 4.01. The van der Waals surface area contributed by atoms with E-state index in [2.05, 4.69) is 14.9 Å². The molecule has 7 nitrogen and oxygen atoms in total. The predicted molar refractivity (Wildman–Crippen MR) is 106 cm³/mol. The zero-order valence-electron chi connectivity index (χ0n) is 16.2. The monoisotopic (exact) mass is 384 g/mol. The number of aromatic nitrogens is 3. The number of rotatable bonds is 5. The standard InChI is InChI=1S/C21H28N4O3/c26-21-11-20(19-1-5-22-6-2-19)23-16-25(21)13-17-3-7-24(8-4-17)12-18-14-27-9-10-28-15-18/h1-2,5-6,11,16-18H,3-4,7-10,12-15H2.